The second kappa shape index (κ2) is 10.0. The lowest BCUT2D eigenvalue weighted by atomic mass is 9.94. The molecule has 0 saturated heterocycles. The zero-order chi connectivity index (χ0) is 21.5. The second-order valence-corrected chi connectivity index (χ2v) is 7.88. The number of carbonyl (C=O) groups excluding carboxylic acids is 2. The molecule has 158 valence electrons. The van der Waals surface area contributed by atoms with E-state index >= 15 is 0 Å². The van der Waals surface area contributed by atoms with E-state index in [1.807, 2.05) is 60.7 Å². The van der Waals surface area contributed by atoms with E-state index in [0.717, 1.165) is 31.2 Å². The third-order valence-corrected chi connectivity index (χ3v) is 5.71. The number of aromatic nitrogens is 1. The number of rotatable bonds is 6. The van der Waals surface area contributed by atoms with Gasteiger partial charge in [-0.2, -0.15) is 0 Å². The Morgan fingerprint density at radius 3 is 2.13 bits per heavy atom. The quantitative estimate of drug-likeness (QED) is 0.624. The average Bonchev–Trinajstić information content (AvgIpc) is 2.84. The molecule has 2 aromatic carbocycles. The van der Waals surface area contributed by atoms with E-state index in [0.29, 0.717) is 11.4 Å². The zero-order valence-corrected chi connectivity index (χ0v) is 17.5. The first-order chi connectivity index (χ1) is 15.2. The highest BCUT2D eigenvalue weighted by molar-refractivity contribution is 6.09. The van der Waals surface area contributed by atoms with Gasteiger partial charge in [-0.05, 0) is 42.7 Å². The first kappa shape index (κ1) is 20.8. The van der Waals surface area contributed by atoms with Crippen LogP contribution in [0.1, 0.15) is 54.2 Å². The maximum Gasteiger partial charge on any atom is 0.277 e. The number of pyridine rings is 1. The highest BCUT2D eigenvalue weighted by atomic mass is 16.2. The van der Waals surface area contributed by atoms with Crippen LogP contribution in [0, 0.1) is 0 Å². The van der Waals surface area contributed by atoms with Gasteiger partial charge >= 0.3 is 0 Å². The van der Waals surface area contributed by atoms with E-state index in [9.17, 15) is 9.59 Å². The molecule has 4 rings (SSSR count). The van der Waals surface area contributed by atoms with Crippen LogP contribution >= 0.6 is 0 Å². The summed E-state index contributed by atoms with van der Waals surface area (Å²) in [7, 11) is 0. The third-order valence-electron chi connectivity index (χ3n) is 5.71. The van der Waals surface area contributed by atoms with Crippen LogP contribution in [0.25, 0.3) is 0 Å². The van der Waals surface area contributed by atoms with Crippen LogP contribution in [0.15, 0.2) is 85.1 Å². The van der Waals surface area contributed by atoms with Crippen molar-refractivity contribution in [3.63, 3.8) is 0 Å². The molecule has 5 nitrogen and oxygen atoms in total. The van der Waals surface area contributed by atoms with Gasteiger partial charge in [0, 0.05) is 17.9 Å². The van der Waals surface area contributed by atoms with Gasteiger partial charge < -0.3 is 5.32 Å². The van der Waals surface area contributed by atoms with Crippen molar-refractivity contribution in [2.24, 2.45) is 0 Å². The average molecular weight is 414 g/mol. The molecule has 0 spiro atoms. The Labute approximate surface area is 183 Å². The van der Waals surface area contributed by atoms with Crippen molar-refractivity contribution in [3.05, 3.63) is 96.3 Å². The van der Waals surface area contributed by atoms with E-state index in [-0.39, 0.29) is 17.9 Å². The first-order valence-corrected chi connectivity index (χ1v) is 10.9. The molecular weight excluding hydrogens is 386 g/mol. The molecule has 3 aromatic rings. The molecular formula is C26H27N3O2. The van der Waals surface area contributed by atoms with Crippen LogP contribution in [0.5, 0.6) is 0 Å². The van der Waals surface area contributed by atoms with E-state index in [1.165, 1.54) is 6.42 Å². The van der Waals surface area contributed by atoms with Gasteiger partial charge in [0.15, 0.2) is 0 Å². The maximum absolute atomic E-state index is 13.6. The Bertz CT molecular complexity index is 987. The third kappa shape index (κ3) is 5.00. The summed E-state index contributed by atoms with van der Waals surface area (Å²) in [5, 5.41) is 3.22. The van der Waals surface area contributed by atoms with Gasteiger partial charge in [0.05, 0.1) is 0 Å². The van der Waals surface area contributed by atoms with Gasteiger partial charge in [0.2, 0.25) is 5.91 Å². The highest BCUT2D eigenvalue weighted by Gasteiger charge is 2.34. The van der Waals surface area contributed by atoms with Crippen molar-refractivity contribution in [1.29, 1.82) is 0 Å². The fraction of sp³-hybridized carbons (Fsp3) is 0.269. The number of hydrogen-bond donors (Lipinski definition) is 1. The minimum absolute atomic E-state index is 0.148. The van der Waals surface area contributed by atoms with Gasteiger partial charge in [0.1, 0.15) is 11.7 Å². The summed E-state index contributed by atoms with van der Waals surface area (Å²) in [5.74, 6) is -0.467. The summed E-state index contributed by atoms with van der Waals surface area (Å²) in [4.78, 5) is 33.1. The summed E-state index contributed by atoms with van der Waals surface area (Å²) in [5.41, 5.74) is 1.73. The van der Waals surface area contributed by atoms with Crippen molar-refractivity contribution >= 4 is 17.5 Å². The number of benzene rings is 2. The molecule has 5 heteroatoms. The number of amides is 2. The first-order valence-electron chi connectivity index (χ1n) is 10.9. The standard InChI is InChI=1S/C26H27N3O2/c30-25(28-21-14-6-2-7-15-21)24(20-12-4-1-5-13-20)29(22-16-8-3-9-17-22)26(31)23-18-10-11-19-27-23/h1,3-5,8-13,16-19,21,24H,2,6-7,14-15H2,(H,28,30)/t24-/m1/s1. The van der Waals surface area contributed by atoms with Crippen molar-refractivity contribution in [2.45, 2.75) is 44.2 Å². The Balaban J connectivity index is 1.76. The van der Waals surface area contributed by atoms with Gasteiger partial charge in [-0.25, -0.2) is 0 Å². The van der Waals surface area contributed by atoms with E-state index in [2.05, 4.69) is 10.3 Å². The van der Waals surface area contributed by atoms with Gasteiger partial charge in [0.25, 0.3) is 5.91 Å². The number of para-hydroxylation sites is 1. The monoisotopic (exact) mass is 413 g/mol. The summed E-state index contributed by atoms with van der Waals surface area (Å²) >= 11 is 0. The van der Waals surface area contributed by atoms with E-state index in [1.54, 1.807) is 29.3 Å². The lowest BCUT2D eigenvalue weighted by molar-refractivity contribution is -0.123. The predicted molar refractivity (Wildman–Crippen MR) is 122 cm³/mol. The molecule has 1 aromatic heterocycles. The molecule has 0 unspecified atom stereocenters. The molecule has 1 fully saturated rings. The van der Waals surface area contributed by atoms with E-state index in [4.69, 9.17) is 0 Å². The maximum atomic E-state index is 13.6. The minimum atomic E-state index is -0.792. The lowest BCUT2D eigenvalue weighted by Crippen LogP contribution is -2.47. The van der Waals surface area contributed by atoms with Gasteiger partial charge in [-0.15, -0.1) is 0 Å². The summed E-state index contributed by atoms with van der Waals surface area (Å²) in [6.07, 6.45) is 7.00. The van der Waals surface area contributed by atoms with Crippen molar-refractivity contribution < 1.29 is 9.59 Å². The molecule has 1 saturated carbocycles. The van der Waals surface area contributed by atoms with Crippen molar-refractivity contribution in [2.75, 3.05) is 4.90 Å². The Morgan fingerprint density at radius 2 is 1.48 bits per heavy atom. The summed E-state index contributed by atoms with van der Waals surface area (Å²) in [6.45, 7) is 0. The molecule has 0 aliphatic heterocycles. The number of nitrogens with one attached hydrogen (secondary N) is 1. The van der Waals surface area contributed by atoms with Gasteiger partial charge in [-0.3, -0.25) is 19.5 Å². The normalized spacial score (nSPS) is 15.1. The minimum Gasteiger partial charge on any atom is -0.351 e. The zero-order valence-electron chi connectivity index (χ0n) is 17.5. The fourth-order valence-electron chi connectivity index (χ4n) is 4.16. The van der Waals surface area contributed by atoms with Crippen LogP contribution in [0.2, 0.25) is 0 Å². The van der Waals surface area contributed by atoms with E-state index < -0.39 is 6.04 Å². The summed E-state index contributed by atoms with van der Waals surface area (Å²) < 4.78 is 0. The lowest BCUT2D eigenvalue weighted by Gasteiger charge is -2.33. The number of anilines is 1. The topological polar surface area (TPSA) is 62.3 Å². The Hall–Kier alpha value is -3.47. The van der Waals surface area contributed by atoms with Crippen molar-refractivity contribution in [1.82, 2.24) is 10.3 Å². The summed E-state index contributed by atoms with van der Waals surface area (Å²) in [6, 6.07) is 23.4. The van der Waals surface area contributed by atoms with Crippen LogP contribution in [0.3, 0.4) is 0 Å². The molecule has 31 heavy (non-hydrogen) atoms. The smallest absolute Gasteiger partial charge is 0.277 e. The molecule has 2 amide bonds. The molecule has 1 aliphatic rings. The molecule has 1 N–H and O–H groups in total. The number of carbonyl (C=O) groups is 2. The van der Waals surface area contributed by atoms with Crippen molar-refractivity contribution in [3.8, 4) is 0 Å². The SMILES string of the molecule is O=C(NC1CCCCC1)[C@@H](c1ccccc1)N(C(=O)c1ccccn1)c1ccccc1. The predicted octanol–water partition coefficient (Wildman–Crippen LogP) is 4.92. The highest BCUT2D eigenvalue weighted by Crippen LogP contribution is 2.30. The number of hydrogen-bond acceptors (Lipinski definition) is 3. The number of nitrogens with zero attached hydrogens (tertiary/aromatic N) is 2. The van der Waals surface area contributed by atoms with Crippen LogP contribution in [-0.4, -0.2) is 22.8 Å². The Morgan fingerprint density at radius 1 is 0.839 bits per heavy atom. The molecule has 1 atom stereocenters. The van der Waals surface area contributed by atoms with Crippen LogP contribution < -0.4 is 10.2 Å². The van der Waals surface area contributed by atoms with Crippen LogP contribution in [0.4, 0.5) is 5.69 Å². The van der Waals surface area contributed by atoms with Crippen LogP contribution in [-0.2, 0) is 4.79 Å². The fourth-order valence-corrected chi connectivity index (χ4v) is 4.16. The molecule has 0 radical (unpaired) electrons. The largest absolute Gasteiger partial charge is 0.351 e. The second-order valence-electron chi connectivity index (χ2n) is 7.88. The molecule has 1 aliphatic carbocycles. The molecule has 0 bridgehead atoms. The Kier molecular flexibility index (Phi) is 6.72. The van der Waals surface area contributed by atoms with Gasteiger partial charge in [-0.1, -0.05) is 73.9 Å². The molecule has 1 heterocycles.